The molecule has 0 saturated carbocycles. The van der Waals surface area contributed by atoms with Gasteiger partial charge in [0.2, 0.25) is 5.91 Å². The van der Waals surface area contributed by atoms with Gasteiger partial charge in [0, 0.05) is 30.5 Å². The molecule has 0 radical (unpaired) electrons. The number of carbonyl (C=O) groups excluding carboxylic acids is 1. The molecule has 3 aromatic rings. The average Bonchev–Trinajstić information content (AvgIpc) is 2.82. The van der Waals surface area contributed by atoms with E-state index in [-0.39, 0.29) is 11.9 Å². The first-order valence-corrected chi connectivity index (χ1v) is 8.14. The van der Waals surface area contributed by atoms with Gasteiger partial charge in [-0.3, -0.25) is 9.48 Å². The summed E-state index contributed by atoms with van der Waals surface area (Å²) < 4.78 is 1.87. The molecule has 122 valence electrons. The maximum Gasteiger partial charge on any atom is 0.226 e. The summed E-state index contributed by atoms with van der Waals surface area (Å²) in [5.74, 6) is 0.0491. The number of anilines is 2. The van der Waals surface area contributed by atoms with Gasteiger partial charge in [0.15, 0.2) is 0 Å². The summed E-state index contributed by atoms with van der Waals surface area (Å²) in [6.07, 6.45) is 2.35. The summed E-state index contributed by atoms with van der Waals surface area (Å²) in [5, 5.41) is 11.9. The van der Waals surface area contributed by atoms with Crippen molar-refractivity contribution in [3.63, 3.8) is 0 Å². The van der Waals surface area contributed by atoms with E-state index < -0.39 is 0 Å². The largest absolute Gasteiger partial charge is 0.380 e. The van der Waals surface area contributed by atoms with Gasteiger partial charge in [-0.15, -0.1) is 0 Å². The van der Waals surface area contributed by atoms with Crippen molar-refractivity contribution in [3.8, 4) is 11.1 Å². The van der Waals surface area contributed by atoms with E-state index in [1.165, 1.54) is 0 Å². The molecule has 0 aliphatic carbocycles. The van der Waals surface area contributed by atoms with Gasteiger partial charge in [-0.25, -0.2) is 0 Å². The van der Waals surface area contributed by atoms with Crippen molar-refractivity contribution < 1.29 is 4.79 Å². The minimum Gasteiger partial charge on any atom is -0.380 e. The number of rotatable bonds is 1. The molecule has 24 heavy (non-hydrogen) atoms. The molecule has 5 heteroatoms. The van der Waals surface area contributed by atoms with Gasteiger partial charge in [0.05, 0.1) is 23.1 Å². The minimum absolute atomic E-state index is 0.0491. The van der Waals surface area contributed by atoms with Crippen LogP contribution in [-0.4, -0.2) is 21.7 Å². The molecule has 2 aromatic carbocycles. The second-order valence-corrected chi connectivity index (χ2v) is 6.57. The zero-order chi connectivity index (χ0) is 16.8. The predicted octanol–water partition coefficient (Wildman–Crippen LogP) is 3.69. The number of nitrogens with one attached hydrogen (secondary N) is 2. The fourth-order valence-electron chi connectivity index (χ4n) is 3.38. The Hall–Kier alpha value is -2.82. The van der Waals surface area contributed by atoms with Crippen LogP contribution in [0.4, 0.5) is 11.4 Å². The van der Waals surface area contributed by atoms with E-state index in [0.29, 0.717) is 6.42 Å². The zero-order valence-electron chi connectivity index (χ0n) is 14.1. The van der Waals surface area contributed by atoms with E-state index in [9.17, 15) is 4.79 Å². The molecule has 2 N–H and O–H groups in total. The Morgan fingerprint density at radius 2 is 2.08 bits per heavy atom. The molecule has 1 aromatic heterocycles. The number of aryl methyl sites for hydroxylation is 2. The van der Waals surface area contributed by atoms with Crippen molar-refractivity contribution in [1.29, 1.82) is 0 Å². The molecule has 5 nitrogen and oxygen atoms in total. The van der Waals surface area contributed by atoms with Crippen LogP contribution in [-0.2, 0) is 11.8 Å². The second-order valence-electron chi connectivity index (χ2n) is 6.57. The molecular formula is C19H20N4O. The topological polar surface area (TPSA) is 59.0 Å². The fourth-order valence-corrected chi connectivity index (χ4v) is 3.38. The van der Waals surface area contributed by atoms with Gasteiger partial charge < -0.3 is 10.6 Å². The maximum absolute atomic E-state index is 12.0. The summed E-state index contributed by atoms with van der Waals surface area (Å²) in [4.78, 5) is 12.0. The monoisotopic (exact) mass is 320 g/mol. The third kappa shape index (κ3) is 2.42. The van der Waals surface area contributed by atoms with Crippen LogP contribution in [0.25, 0.3) is 22.0 Å². The Labute approximate surface area is 140 Å². The van der Waals surface area contributed by atoms with Gasteiger partial charge in [-0.1, -0.05) is 6.07 Å². The summed E-state index contributed by atoms with van der Waals surface area (Å²) in [5.41, 5.74) is 6.28. The Morgan fingerprint density at radius 1 is 1.25 bits per heavy atom. The number of hydrogen-bond donors (Lipinski definition) is 2. The Bertz CT molecular complexity index is 957. The highest BCUT2D eigenvalue weighted by atomic mass is 16.1. The molecule has 0 saturated heterocycles. The number of benzene rings is 2. The highest BCUT2D eigenvalue weighted by Crippen LogP contribution is 2.38. The summed E-state index contributed by atoms with van der Waals surface area (Å²) >= 11 is 0. The van der Waals surface area contributed by atoms with Gasteiger partial charge in [-0.2, -0.15) is 5.10 Å². The van der Waals surface area contributed by atoms with E-state index in [0.717, 1.165) is 39.0 Å². The molecule has 1 aliphatic rings. The predicted molar refractivity (Wildman–Crippen MR) is 97.2 cm³/mol. The second kappa shape index (κ2) is 5.37. The first-order chi connectivity index (χ1) is 11.5. The normalized spacial score (nSPS) is 17.1. The lowest BCUT2D eigenvalue weighted by atomic mass is 9.98. The molecular weight excluding hydrogens is 300 g/mol. The van der Waals surface area contributed by atoms with E-state index in [1.807, 2.05) is 37.8 Å². The van der Waals surface area contributed by atoms with Gasteiger partial charge in [0.1, 0.15) is 0 Å². The zero-order valence-corrected chi connectivity index (χ0v) is 14.1. The molecule has 0 fully saturated rings. The van der Waals surface area contributed by atoms with Crippen LogP contribution in [0.2, 0.25) is 0 Å². The van der Waals surface area contributed by atoms with Crippen molar-refractivity contribution >= 4 is 28.2 Å². The molecule has 4 rings (SSSR count). The van der Waals surface area contributed by atoms with Crippen molar-refractivity contribution in [2.45, 2.75) is 26.3 Å². The lowest BCUT2D eigenvalue weighted by molar-refractivity contribution is -0.116. The fraction of sp³-hybridized carbons (Fsp3) is 0.263. The lowest BCUT2D eigenvalue weighted by Crippen LogP contribution is -2.19. The minimum atomic E-state index is 0.0491. The number of aromatic nitrogens is 2. The van der Waals surface area contributed by atoms with E-state index >= 15 is 0 Å². The van der Waals surface area contributed by atoms with Gasteiger partial charge in [0.25, 0.3) is 0 Å². The first-order valence-electron chi connectivity index (χ1n) is 8.14. The number of fused-ring (bicyclic) bond motifs is 2. The molecule has 0 spiro atoms. The van der Waals surface area contributed by atoms with Crippen LogP contribution < -0.4 is 10.6 Å². The molecule has 2 heterocycles. The van der Waals surface area contributed by atoms with Crippen LogP contribution in [0.3, 0.4) is 0 Å². The summed E-state index contributed by atoms with van der Waals surface area (Å²) in [6.45, 7) is 4.08. The van der Waals surface area contributed by atoms with Crippen LogP contribution in [0.1, 0.15) is 18.9 Å². The molecule has 0 unspecified atom stereocenters. The van der Waals surface area contributed by atoms with E-state index in [4.69, 9.17) is 0 Å². The van der Waals surface area contributed by atoms with Crippen LogP contribution in [0.5, 0.6) is 0 Å². The summed E-state index contributed by atoms with van der Waals surface area (Å²) in [6, 6.07) is 10.6. The standard InChI is InChI=1S/C19H20N4O/c1-11-6-15(13-4-5-17-14(9-13)10-20-23(17)3)19-16(7-11)22-18(24)8-12(2)21-19/h4-7,9-10,12,21H,8H2,1-3H3,(H,22,24)/t12-/m1/s1. The first kappa shape index (κ1) is 14.8. The van der Waals surface area contributed by atoms with Crippen LogP contribution in [0.15, 0.2) is 36.5 Å². The van der Waals surface area contributed by atoms with Crippen molar-refractivity contribution in [2.75, 3.05) is 10.6 Å². The van der Waals surface area contributed by atoms with Crippen LogP contribution in [0, 0.1) is 6.92 Å². The van der Waals surface area contributed by atoms with E-state index in [2.05, 4.69) is 40.0 Å². The molecule has 0 bridgehead atoms. The molecule has 1 amide bonds. The van der Waals surface area contributed by atoms with Crippen LogP contribution >= 0.6 is 0 Å². The highest BCUT2D eigenvalue weighted by Gasteiger charge is 2.21. The average molecular weight is 320 g/mol. The third-order valence-corrected chi connectivity index (χ3v) is 4.50. The molecule has 1 aliphatic heterocycles. The molecule has 1 atom stereocenters. The smallest absolute Gasteiger partial charge is 0.226 e. The number of amides is 1. The Morgan fingerprint density at radius 3 is 2.92 bits per heavy atom. The number of hydrogen-bond acceptors (Lipinski definition) is 3. The Balaban J connectivity index is 1.92. The van der Waals surface area contributed by atoms with Gasteiger partial charge >= 0.3 is 0 Å². The SMILES string of the molecule is Cc1cc2c(c(-c3ccc4c(cnn4C)c3)c1)N[C@H](C)CC(=O)N2. The highest BCUT2D eigenvalue weighted by molar-refractivity contribution is 6.01. The lowest BCUT2D eigenvalue weighted by Gasteiger charge is -2.18. The van der Waals surface area contributed by atoms with Crippen molar-refractivity contribution in [2.24, 2.45) is 7.05 Å². The number of carbonyl (C=O) groups is 1. The third-order valence-electron chi connectivity index (χ3n) is 4.50. The van der Waals surface area contributed by atoms with Crippen molar-refractivity contribution in [3.05, 3.63) is 42.1 Å². The summed E-state index contributed by atoms with van der Waals surface area (Å²) in [7, 11) is 1.94. The maximum atomic E-state index is 12.0. The van der Waals surface area contributed by atoms with Crippen molar-refractivity contribution in [1.82, 2.24) is 9.78 Å². The number of nitrogens with zero attached hydrogens (tertiary/aromatic N) is 2. The quantitative estimate of drug-likeness (QED) is 0.719. The van der Waals surface area contributed by atoms with Gasteiger partial charge in [-0.05, 0) is 49.2 Å². The Kier molecular flexibility index (Phi) is 3.30. The van der Waals surface area contributed by atoms with E-state index in [1.54, 1.807) is 0 Å².